The van der Waals surface area contributed by atoms with Crippen LogP contribution in [0.1, 0.15) is 41.9 Å². The lowest BCUT2D eigenvalue weighted by molar-refractivity contribution is 0.188. The molecule has 1 aliphatic heterocycles. The van der Waals surface area contributed by atoms with Crippen molar-refractivity contribution in [2.24, 2.45) is 0 Å². The summed E-state index contributed by atoms with van der Waals surface area (Å²) in [4.78, 5) is 2.76. The van der Waals surface area contributed by atoms with Crippen LogP contribution >= 0.6 is 0 Å². The van der Waals surface area contributed by atoms with Crippen molar-refractivity contribution in [1.82, 2.24) is 10.2 Å². The summed E-state index contributed by atoms with van der Waals surface area (Å²) in [5.74, 6) is 1.58. The summed E-state index contributed by atoms with van der Waals surface area (Å²) < 4.78 is 6.00. The summed E-state index contributed by atoms with van der Waals surface area (Å²) in [6.07, 6.45) is 6.31. The average Bonchev–Trinajstić information content (AvgIpc) is 3.24. The lowest BCUT2D eigenvalue weighted by Crippen LogP contribution is -2.41. The van der Waals surface area contributed by atoms with E-state index in [0.29, 0.717) is 18.6 Å². The van der Waals surface area contributed by atoms with Crippen LogP contribution in [0.2, 0.25) is 0 Å². The fourth-order valence-corrected chi connectivity index (χ4v) is 4.84. The first kappa shape index (κ1) is 18.5. The molecule has 1 fully saturated rings. The Kier molecular flexibility index (Phi) is 6.10. The zero-order chi connectivity index (χ0) is 18.5. The Labute approximate surface area is 163 Å². The number of nitrogens with one attached hydrogen (secondary N) is 1. The second-order valence-corrected chi connectivity index (χ2v) is 7.96. The Balaban J connectivity index is 1.62. The van der Waals surface area contributed by atoms with Gasteiger partial charge in [-0.1, -0.05) is 36.4 Å². The maximum absolute atomic E-state index is 6.00. The molecule has 2 atom stereocenters. The Morgan fingerprint density at radius 3 is 2.67 bits per heavy atom. The van der Waals surface area contributed by atoms with Gasteiger partial charge in [0.2, 0.25) is 0 Å². The van der Waals surface area contributed by atoms with Crippen molar-refractivity contribution in [2.75, 3.05) is 33.3 Å². The molecule has 0 amide bonds. The topological polar surface area (TPSA) is 24.5 Å². The molecule has 0 bridgehead atoms. The van der Waals surface area contributed by atoms with Crippen LogP contribution in [-0.2, 0) is 12.8 Å². The van der Waals surface area contributed by atoms with Crippen molar-refractivity contribution in [3.8, 4) is 5.75 Å². The zero-order valence-electron chi connectivity index (χ0n) is 16.5. The van der Waals surface area contributed by atoms with Gasteiger partial charge in [-0.3, -0.25) is 4.90 Å². The molecule has 2 unspecified atom stereocenters. The van der Waals surface area contributed by atoms with Gasteiger partial charge in [-0.15, -0.1) is 0 Å². The first-order chi connectivity index (χ1) is 13.3. The molecule has 144 valence electrons. The summed E-state index contributed by atoms with van der Waals surface area (Å²) in [6.45, 7) is 4.13. The summed E-state index contributed by atoms with van der Waals surface area (Å²) in [7, 11) is 1.97. The number of hydrogen-bond acceptors (Lipinski definition) is 3. The fraction of sp³-hybridized carbons (Fsp3) is 0.500. The zero-order valence-corrected chi connectivity index (χ0v) is 16.5. The van der Waals surface area contributed by atoms with Gasteiger partial charge < -0.3 is 10.1 Å². The van der Waals surface area contributed by atoms with Crippen molar-refractivity contribution < 1.29 is 4.74 Å². The predicted molar refractivity (Wildman–Crippen MR) is 112 cm³/mol. The summed E-state index contributed by atoms with van der Waals surface area (Å²) >= 11 is 0. The molecule has 0 aromatic heterocycles. The van der Waals surface area contributed by atoms with Gasteiger partial charge >= 0.3 is 0 Å². The van der Waals surface area contributed by atoms with Gasteiger partial charge in [0.1, 0.15) is 12.4 Å². The molecule has 2 aromatic rings. The Morgan fingerprint density at radius 2 is 1.89 bits per heavy atom. The van der Waals surface area contributed by atoms with E-state index < -0.39 is 0 Å². The lowest BCUT2D eigenvalue weighted by Gasteiger charge is -2.39. The highest BCUT2D eigenvalue weighted by atomic mass is 16.5. The molecule has 2 aliphatic rings. The van der Waals surface area contributed by atoms with Crippen LogP contribution in [0.25, 0.3) is 0 Å². The highest BCUT2D eigenvalue weighted by Gasteiger charge is 2.34. The van der Waals surface area contributed by atoms with E-state index in [1.165, 1.54) is 55.5 Å². The summed E-state index contributed by atoms with van der Waals surface area (Å²) in [5, 5.41) is 3.15. The van der Waals surface area contributed by atoms with Crippen molar-refractivity contribution >= 4 is 0 Å². The van der Waals surface area contributed by atoms with E-state index in [1.54, 1.807) is 0 Å². The van der Waals surface area contributed by atoms with Crippen LogP contribution in [0, 0.1) is 0 Å². The minimum atomic E-state index is 0.558. The van der Waals surface area contributed by atoms with Crippen LogP contribution in [0.4, 0.5) is 0 Å². The number of fused-ring (bicyclic) bond motifs is 1. The maximum atomic E-state index is 6.00. The molecule has 4 rings (SSSR count). The summed E-state index contributed by atoms with van der Waals surface area (Å²) in [5.41, 5.74) is 4.48. The van der Waals surface area contributed by atoms with Gasteiger partial charge in [0.05, 0.1) is 0 Å². The van der Waals surface area contributed by atoms with Gasteiger partial charge in [0, 0.05) is 18.5 Å². The molecular formula is C24H32N2O. The second kappa shape index (κ2) is 8.90. The van der Waals surface area contributed by atoms with Gasteiger partial charge in [0.25, 0.3) is 0 Å². The smallest absolute Gasteiger partial charge is 0.119 e. The lowest BCUT2D eigenvalue weighted by atomic mass is 9.75. The van der Waals surface area contributed by atoms with Crippen molar-refractivity contribution in [2.45, 2.75) is 44.1 Å². The SMILES string of the molecule is CNCCOc1ccc2c(c1)C(Cc1ccccc1)C(N1CCCC1)CC2. The van der Waals surface area contributed by atoms with Gasteiger partial charge in [-0.2, -0.15) is 0 Å². The monoisotopic (exact) mass is 364 g/mol. The largest absolute Gasteiger partial charge is 0.492 e. The maximum Gasteiger partial charge on any atom is 0.119 e. The molecule has 3 nitrogen and oxygen atoms in total. The third-order valence-corrected chi connectivity index (χ3v) is 6.22. The molecule has 1 aliphatic carbocycles. The first-order valence-corrected chi connectivity index (χ1v) is 10.5. The number of rotatable bonds is 7. The van der Waals surface area contributed by atoms with E-state index >= 15 is 0 Å². The van der Waals surface area contributed by atoms with Gasteiger partial charge in [0.15, 0.2) is 0 Å². The van der Waals surface area contributed by atoms with Crippen LogP contribution in [0.15, 0.2) is 48.5 Å². The van der Waals surface area contributed by atoms with Crippen molar-refractivity contribution in [1.29, 1.82) is 0 Å². The van der Waals surface area contributed by atoms with E-state index in [1.807, 2.05) is 7.05 Å². The third kappa shape index (κ3) is 4.36. The van der Waals surface area contributed by atoms with Gasteiger partial charge in [-0.05, 0) is 81.1 Å². The number of ether oxygens (including phenoxy) is 1. The molecule has 1 N–H and O–H groups in total. The minimum absolute atomic E-state index is 0.558. The highest BCUT2D eigenvalue weighted by molar-refractivity contribution is 5.42. The average molecular weight is 365 g/mol. The van der Waals surface area contributed by atoms with Crippen LogP contribution in [0.5, 0.6) is 5.75 Å². The summed E-state index contributed by atoms with van der Waals surface area (Å²) in [6, 6.07) is 18.5. The molecule has 0 saturated carbocycles. The Bertz CT molecular complexity index is 724. The predicted octanol–water partition coefficient (Wildman–Crippen LogP) is 4.02. The van der Waals surface area contributed by atoms with Gasteiger partial charge in [-0.25, -0.2) is 0 Å². The van der Waals surface area contributed by atoms with E-state index in [2.05, 4.69) is 58.7 Å². The highest BCUT2D eigenvalue weighted by Crippen LogP contribution is 2.39. The molecule has 0 radical (unpaired) electrons. The van der Waals surface area contributed by atoms with E-state index in [9.17, 15) is 0 Å². The number of likely N-dealkylation sites (tertiary alicyclic amines) is 1. The van der Waals surface area contributed by atoms with E-state index in [4.69, 9.17) is 4.74 Å². The van der Waals surface area contributed by atoms with Crippen molar-refractivity contribution in [3.63, 3.8) is 0 Å². The second-order valence-electron chi connectivity index (χ2n) is 7.96. The number of hydrogen-bond donors (Lipinski definition) is 1. The Morgan fingerprint density at radius 1 is 1.07 bits per heavy atom. The molecule has 2 aromatic carbocycles. The number of benzene rings is 2. The molecule has 0 spiro atoms. The van der Waals surface area contributed by atoms with Crippen LogP contribution in [-0.4, -0.2) is 44.2 Å². The standard InChI is InChI=1S/C24H32N2O/c1-25-13-16-27-21-11-9-20-10-12-24(26-14-5-6-15-26)23(22(20)18-21)17-19-7-3-2-4-8-19/h2-4,7-9,11,18,23-25H,5-6,10,12-17H2,1H3. The van der Waals surface area contributed by atoms with Crippen molar-refractivity contribution in [3.05, 3.63) is 65.2 Å². The van der Waals surface area contributed by atoms with E-state index in [0.717, 1.165) is 18.7 Å². The molecule has 1 heterocycles. The first-order valence-electron chi connectivity index (χ1n) is 10.5. The normalized spacial score (nSPS) is 22.6. The quantitative estimate of drug-likeness (QED) is 0.751. The Hall–Kier alpha value is -1.84. The fourth-order valence-electron chi connectivity index (χ4n) is 4.84. The molecule has 1 saturated heterocycles. The molecular weight excluding hydrogens is 332 g/mol. The number of likely N-dealkylation sites (N-methyl/N-ethyl adjacent to an activating group) is 1. The number of nitrogens with zero attached hydrogens (tertiary/aromatic N) is 1. The van der Waals surface area contributed by atoms with Crippen LogP contribution in [0.3, 0.4) is 0 Å². The third-order valence-electron chi connectivity index (χ3n) is 6.22. The van der Waals surface area contributed by atoms with Crippen LogP contribution < -0.4 is 10.1 Å². The molecule has 3 heteroatoms. The molecule has 27 heavy (non-hydrogen) atoms. The number of aryl methyl sites for hydroxylation is 1. The van der Waals surface area contributed by atoms with E-state index in [-0.39, 0.29) is 0 Å². The minimum Gasteiger partial charge on any atom is -0.492 e.